The van der Waals surface area contributed by atoms with Gasteiger partial charge in [-0.25, -0.2) is 4.39 Å². The highest BCUT2D eigenvalue weighted by Gasteiger charge is 2.24. The van der Waals surface area contributed by atoms with Crippen LogP contribution in [-0.4, -0.2) is 6.04 Å². The predicted octanol–water partition coefficient (Wildman–Crippen LogP) is 4.32. The monoisotopic (exact) mass is 255 g/mol. The lowest BCUT2D eigenvalue weighted by atomic mass is 9.80. The Morgan fingerprint density at radius 2 is 2.06 bits per heavy atom. The van der Waals surface area contributed by atoms with Crippen molar-refractivity contribution >= 4 is 11.6 Å². The molecule has 0 amide bonds. The second-order valence-corrected chi connectivity index (χ2v) is 5.45. The molecule has 0 aromatic heterocycles. The molecule has 1 nitrogen and oxygen atoms in total. The molecule has 0 saturated heterocycles. The largest absolute Gasteiger partial charge is 0.307 e. The van der Waals surface area contributed by atoms with Crippen molar-refractivity contribution in [3.8, 4) is 0 Å². The van der Waals surface area contributed by atoms with E-state index in [-0.39, 0.29) is 16.9 Å². The summed E-state index contributed by atoms with van der Waals surface area (Å²) in [6.45, 7) is 4.28. The highest BCUT2D eigenvalue weighted by molar-refractivity contribution is 6.30. The third-order valence-corrected chi connectivity index (χ3v) is 4.12. The summed E-state index contributed by atoms with van der Waals surface area (Å²) in [5, 5.41) is 3.72. The first-order valence-electron chi connectivity index (χ1n) is 6.29. The van der Waals surface area contributed by atoms with E-state index >= 15 is 0 Å². The van der Waals surface area contributed by atoms with Crippen LogP contribution in [0.1, 0.15) is 44.7 Å². The fraction of sp³-hybridized carbons (Fsp3) is 0.571. The number of hydrogen-bond donors (Lipinski definition) is 1. The Hall–Kier alpha value is -0.600. The molecule has 1 fully saturated rings. The summed E-state index contributed by atoms with van der Waals surface area (Å²) >= 11 is 5.68. The SMILES string of the molecule is CC(NC(C)C1CCC1)c1ccc(Cl)c(F)c1. The fourth-order valence-corrected chi connectivity index (χ4v) is 2.47. The van der Waals surface area contributed by atoms with Crippen LogP contribution < -0.4 is 5.32 Å². The van der Waals surface area contributed by atoms with E-state index in [9.17, 15) is 4.39 Å². The van der Waals surface area contributed by atoms with Gasteiger partial charge in [0.2, 0.25) is 0 Å². The number of halogens is 2. The molecule has 0 spiro atoms. The van der Waals surface area contributed by atoms with Crippen LogP contribution in [0.4, 0.5) is 4.39 Å². The van der Waals surface area contributed by atoms with Gasteiger partial charge in [-0.2, -0.15) is 0 Å². The van der Waals surface area contributed by atoms with Gasteiger partial charge in [-0.05, 0) is 50.3 Å². The average molecular weight is 256 g/mol. The maximum Gasteiger partial charge on any atom is 0.142 e. The average Bonchev–Trinajstić information content (AvgIpc) is 2.19. The first kappa shape index (κ1) is 12.8. The van der Waals surface area contributed by atoms with Gasteiger partial charge in [0.1, 0.15) is 5.82 Å². The number of benzene rings is 1. The molecule has 94 valence electrons. The molecule has 0 bridgehead atoms. The molecular weight excluding hydrogens is 237 g/mol. The standard InChI is InChI=1S/C14H19ClFN/c1-9(11-4-3-5-11)17-10(2)12-6-7-13(15)14(16)8-12/h6-11,17H,3-5H2,1-2H3. The van der Waals surface area contributed by atoms with Gasteiger partial charge in [0.05, 0.1) is 5.02 Å². The molecule has 1 N–H and O–H groups in total. The van der Waals surface area contributed by atoms with Crippen molar-refractivity contribution in [2.75, 3.05) is 0 Å². The second kappa shape index (κ2) is 5.36. The van der Waals surface area contributed by atoms with E-state index in [4.69, 9.17) is 11.6 Å². The topological polar surface area (TPSA) is 12.0 Å². The quantitative estimate of drug-likeness (QED) is 0.845. The lowest BCUT2D eigenvalue weighted by molar-refractivity contribution is 0.229. The Morgan fingerprint density at radius 3 is 2.59 bits per heavy atom. The minimum absolute atomic E-state index is 0.164. The van der Waals surface area contributed by atoms with Crippen molar-refractivity contribution in [2.24, 2.45) is 5.92 Å². The van der Waals surface area contributed by atoms with Crippen molar-refractivity contribution in [3.05, 3.63) is 34.6 Å². The van der Waals surface area contributed by atoms with Crippen molar-refractivity contribution in [2.45, 2.75) is 45.2 Å². The van der Waals surface area contributed by atoms with Gasteiger partial charge in [-0.1, -0.05) is 24.1 Å². The van der Waals surface area contributed by atoms with Crippen LogP contribution in [-0.2, 0) is 0 Å². The predicted molar refractivity (Wildman–Crippen MR) is 69.8 cm³/mol. The van der Waals surface area contributed by atoms with E-state index in [0.717, 1.165) is 11.5 Å². The van der Waals surface area contributed by atoms with Crippen LogP contribution in [0.15, 0.2) is 18.2 Å². The second-order valence-electron chi connectivity index (χ2n) is 5.04. The van der Waals surface area contributed by atoms with Crippen molar-refractivity contribution in [1.29, 1.82) is 0 Å². The Labute approximate surface area is 107 Å². The van der Waals surface area contributed by atoms with Gasteiger partial charge in [0.25, 0.3) is 0 Å². The molecule has 0 aliphatic heterocycles. The highest BCUT2D eigenvalue weighted by Crippen LogP contribution is 2.30. The van der Waals surface area contributed by atoms with E-state index in [1.165, 1.54) is 25.3 Å². The molecule has 1 aliphatic carbocycles. The molecule has 2 unspecified atom stereocenters. The van der Waals surface area contributed by atoms with E-state index in [0.29, 0.717) is 6.04 Å². The van der Waals surface area contributed by atoms with Gasteiger partial charge in [-0.3, -0.25) is 0 Å². The molecule has 2 atom stereocenters. The maximum absolute atomic E-state index is 13.4. The van der Waals surface area contributed by atoms with Gasteiger partial charge >= 0.3 is 0 Å². The summed E-state index contributed by atoms with van der Waals surface area (Å²) in [5.41, 5.74) is 0.957. The normalized spacial score (nSPS) is 19.8. The maximum atomic E-state index is 13.4. The van der Waals surface area contributed by atoms with Gasteiger partial charge in [0.15, 0.2) is 0 Å². The van der Waals surface area contributed by atoms with Gasteiger partial charge < -0.3 is 5.32 Å². The van der Waals surface area contributed by atoms with Crippen LogP contribution >= 0.6 is 11.6 Å². The first-order valence-corrected chi connectivity index (χ1v) is 6.66. The zero-order valence-corrected chi connectivity index (χ0v) is 11.1. The number of hydrogen-bond acceptors (Lipinski definition) is 1. The highest BCUT2D eigenvalue weighted by atomic mass is 35.5. The molecule has 1 aliphatic rings. The number of rotatable bonds is 4. The Morgan fingerprint density at radius 1 is 1.35 bits per heavy atom. The number of nitrogens with one attached hydrogen (secondary N) is 1. The Bertz CT molecular complexity index is 390. The molecule has 3 heteroatoms. The fourth-order valence-electron chi connectivity index (χ4n) is 2.35. The summed E-state index contributed by atoms with van der Waals surface area (Å²) < 4.78 is 13.4. The minimum atomic E-state index is -0.339. The zero-order chi connectivity index (χ0) is 12.4. The van der Waals surface area contributed by atoms with E-state index in [2.05, 4.69) is 19.2 Å². The molecule has 1 aromatic carbocycles. The van der Waals surface area contributed by atoms with Crippen LogP contribution in [0.3, 0.4) is 0 Å². The van der Waals surface area contributed by atoms with E-state index < -0.39 is 0 Å². The van der Waals surface area contributed by atoms with E-state index in [1.807, 2.05) is 6.07 Å². The Kier molecular flexibility index (Phi) is 4.05. The van der Waals surface area contributed by atoms with Crippen LogP contribution in [0.5, 0.6) is 0 Å². The van der Waals surface area contributed by atoms with Crippen LogP contribution in [0, 0.1) is 11.7 Å². The van der Waals surface area contributed by atoms with Gasteiger partial charge in [0, 0.05) is 12.1 Å². The summed E-state index contributed by atoms with van der Waals surface area (Å²) in [4.78, 5) is 0. The zero-order valence-electron chi connectivity index (χ0n) is 10.3. The summed E-state index contributed by atoms with van der Waals surface area (Å²) in [5.74, 6) is 0.448. The van der Waals surface area contributed by atoms with Crippen molar-refractivity contribution in [3.63, 3.8) is 0 Å². The third kappa shape index (κ3) is 2.99. The molecule has 17 heavy (non-hydrogen) atoms. The van der Waals surface area contributed by atoms with Crippen molar-refractivity contribution < 1.29 is 4.39 Å². The molecule has 0 heterocycles. The van der Waals surface area contributed by atoms with E-state index in [1.54, 1.807) is 6.07 Å². The Balaban J connectivity index is 1.98. The van der Waals surface area contributed by atoms with Crippen LogP contribution in [0.2, 0.25) is 5.02 Å². The minimum Gasteiger partial charge on any atom is -0.307 e. The first-order chi connectivity index (χ1) is 8.08. The summed E-state index contributed by atoms with van der Waals surface area (Å²) in [6, 6.07) is 5.69. The lowest BCUT2D eigenvalue weighted by Gasteiger charge is -2.34. The molecular formula is C14H19ClFN. The smallest absolute Gasteiger partial charge is 0.142 e. The third-order valence-electron chi connectivity index (χ3n) is 3.81. The lowest BCUT2D eigenvalue weighted by Crippen LogP contribution is -2.38. The van der Waals surface area contributed by atoms with Gasteiger partial charge in [-0.15, -0.1) is 0 Å². The molecule has 1 aromatic rings. The van der Waals surface area contributed by atoms with Crippen molar-refractivity contribution in [1.82, 2.24) is 5.32 Å². The molecule has 2 rings (SSSR count). The summed E-state index contributed by atoms with van der Waals surface area (Å²) in [7, 11) is 0. The summed E-state index contributed by atoms with van der Waals surface area (Å²) in [6.07, 6.45) is 3.98. The van der Waals surface area contributed by atoms with Crippen LogP contribution in [0.25, 0.3) is 0 Å². The molecule has 0 radical (unpaired) electrons. The molecule has 1 saturated carbocycles.